The Balaban J connectivity index is 3.00. The fourth-order valence-electron chi connectivity index (χ4n) is 3.06. The molecule has 1 aromatic carbocycles. The molecule has 7 nitrogen and oxygen atoms in total. The first-order valence-corrected chi connectivity index (χ1v) is 7.99. The first-order chi connectivity index (χ1) is 12.1. The first-order valence-electron chi connectivity index (χ1n) is 7.99. The fraction of sp³-hybridized carbons (Fsp3) is 0.333. The lowest BCUT2D eigenvalue weighted by Gasteiger charge is -2.19. The van der Waals surface area contributed by atoms with Crippen LogP contribution in [0.5, 0.6) is 0 Å². The molecule has 0 bridgehead atoms. The molecular formula is C18H18FN3O4. The minimum Gasteiger partial charge on any atom is -0.478 e. The summed E-state index contributed by atoms with van der Waals surface area (Å²) < 4.78 is 16.5. The molecule has 26 heavy (non-hydrogen) atoms. The van der Waals surface area contributed by atoms with Crippen molar-refractivity contribution >= 4 is 5.97 Å². The maximum atomic E-state index is 14.5. The molecule has 1 aromatic heterocycles. The highest BCUT2D eigenvalue weighted by Crippen LogP contribution is 2.20. The van der Waals surface area contributed by atoms with Gasteiger partial charge in [-0.2, -0.15) is 5.26 Å². The summed E-state index contributed by atoms with van der Waals surface area (Å²) in [6.07, 6.45) is 0. The second-order valence-corrected chi connectivity index (χ2v) is 6.10. The van der Waals surface area contributed by atoms with Crippen molar-refractivity contribution in [1.29, 1.82) is 5.26 Å². The summed E-state index contributed by atoms with van der Waals surface area (Å²) in [7, 11) is 0. The number of carbonyl (C=O) groups is 1. The van der Waals surface area contributed by atoms with Crippen molar-refractivity contribution in [2.24, 2.45) is 0 Å². The third-order valence-electron chi connectivity index (χ3n) is 4.16. The quantitative estimate of drug-likeness (QED) is 0.900. The van der Waals surface area contributed by atoms with Crippen LogP contribution < -0.4 is 11.2 Å². The van der Waals surface area contributed by atoms with Gasteiger partial charge in [0, 0.05) is 17.8 Å². The van der Waals surface area contributed by atoms with Crippen LogP contribution in [0.15, 0.2) is 21.7 Å². The van der Waals surface area contributed by atoms with E-state index >= 15 is 0 Å². The van der Waals surface area contributed by atoms with Gasteiger partial charge in [0.05, 0.1) is 16.8 Å². The van der Waals surface area contributed by atoms with E-state index in [0.717, 1.165) is 6.07 Å². The summed E-state index contributed by atoms with van der Waals surface area (Å²) in [4.78, 5) is 36.9. The lowest BCUT2D eigenvalue weighted by molar-refractivity contribution is 0.0696. The Morgan fingerprint density at radius 1 is 1.35 bits per heavy atom. The number of hydrogen-bond acceptors (Lipinski definition) is 4. The number of hydrogen-bond donors (Lipinski definition) is 1. The Labute approximate surface area is 148 Å². The Bertz CT molecular complexity index is 1060. The van der Waals surface area contributed by atoms with Crippen LogP contribution in [0.3, 0.4) is 0 Å². The summed E-state index contributed by atoms with van der Waals surface area (Å²) in [5.74, 6) is -2.59. The predicted octanol–water partition coefficient (Wildman–Crippen LogP) is 2.16. The number of aromatic nitrogens is 2. The third kappa shape index (κ3) is 2.92. The van der Waals surface area contributed by atoms with E-state index in [1.54, 1.807) is 19.9 Å². The van der Waals surface area contributed by atoms with E-state index in [1.807, 2.05) is 13.8 Å². The molecule has 0 radical (unpaired) electrons. The summed E-state index contributed by atoms with van der Waals surface area (Å²) in [6.45, 7) is 7.20. The van der Waals surface area contributed by atoms with Crippen molar-refractivity contribution in [3.05, 3.63) is 61.2 Å². The zero-order valence-electron chi connectivity index (χ0n) is 14.8. The Morgan fingerprint density at radius 3 is 2.42 bits per heavy atom. The molecule has 0 aliphatic heterocycles. The summed E-state index contributed by atoms with van der Waals surface area (Å²) in [6, 6.07) is 3.15. The van der Waals surface area contributed by atoms with Gasteiger partial charge in [0.1, 0.15) is 11.9 Å². The lowest BCUT2D eigenvalue weighted by Crippen LogP contribution is -2.42. The molecule has 0 unspecified atom stereocenters. The van der Waals surface area contributed by atoms with Gasteiger partial charge < -0.3 is 5.11 Å². The molecule has 0 aliphatic rings. The fourth-order valence-corrected chi connectivity index (χ4v) is 3.06. The van der Waals surface area contributed by atoms with Crippen LogP contribution in [-0.4, -0.2) is 20.2 Å². The maximum absolute atomic E-state index is 14.5. The number of halogens is 1. The molecule has 2 rings (SSSR count). The first kappa shape index (κ1) is 19.1. The number of aromatic carboxylic acids is 1. The second-order valence-electron chi connectivity index (χ2n) is 6.10. The Hall–Kier alpha value is -3.21. The van der Waals surface area contributed by atoms with Crippen molar-refractivity contribution in [1.82, 2.24) is 9.13 Å². The smallest absolute Gasteiger partial charge is 0.337 e. The average molecular weight is 359 g/mol. The number of carboxylic acids is 1. The Kier molecular flexibility index (Phi) is 5.12. The molecule has 0 saturated carbocycles. The van der Waals surface area contributed by atoms with Gasteiger partial charge in [0.15, 0.2) is 0 Å². The van der Waals surface area contributed by atoms with E-state index in [2.05, 4.69) is 0 Å². The summed E-state index contributed by atoms with van der Waals surface area (Å²) in [5.41, 5.74) is -2.01. The van der Waals surface area contributed by atoms with Crippen LogP contribution in [-0.2, 0) is 6.54 Å². The van der Waals surface area contributed by atoms with Gasteiger partial charge in [-0.1, -0.05) is 13.8 Å². The number of nitrogens with zero attached hydrogens (tertiary/aromatic N) is 3. The molecule has 1 N–H and O–H groups in total. The number of nitriles is 1. The molecule has 0 fully saturated rings. The van der Waals surface area contributed by atoms with E-state index < -0.39 is 39.8 Å². The molecule has 0 amide bonds. The van der Waals surface area contributed by atoms with Crippen LogP contribution in [0.25, 0.3) is 5.69 Å². The minimum atomic E-state index is -1.46. The lowest BCUT2D eigenvalue weighted by atomic mass is 10.0. The van der Waals surface area contributed by atoms with E-state index in [9.17, 15) is 23.9 Å². The van der Waals surface area contributed by atoms with Crippen molar-refractivity contribution < 1.29 is 14.3 Å². The van der Waals surface area contributed by atoms with Crippen LogP contribution in [0, 0.1) is 24.1 Å². The highest BCUT2D eigenvalue weighted by molar-refractivity contribution is 5.91. The third-order valence-corrected chi connectivity index (χ3v) is 4.16. The molecule has 0 spiro atoms. The Morgan fingerprint density at radius 2 is 1.96 bits per heavy atom. The van der Waals surface area contributed by atoms with Gasteiger partial charge in [0.2, 0.25) is 0 Å². The monoisotopic (exact) mass is 359 g/mol. The largest absolute Gasteiger partial charge is 0.478 e. The maximum Gasteiger partial charge on any atom is 0.337 e. The highest BCUT2D eigenvalue weighted by atomic mass is 19.1. The highest BCUT2D eigenvalue weighted by Gasteiger charge is 2.23. The van der Waals surface area contributed by atoms with Crippen LogP contribution in [0.2, 0.25) is 0 Å². The normalized spacial score (nSPS) is 10.8. The molecule has 0 aliphatic carbocycles. The molecule has 136 valence electrons. The standard InChI is InChI=1S/C18H18FN3O4/c1-5-21-15(9(2)3)10(4)16(23)22(18(21)26)14-7-12(17(24)25)11(8-20)6-13(14)19/h6-7,9H,5H2,1-4H3,(H,24,25). The van der Waals surface area contributed by atoms with Crippen molar-refractivity contribution in [3.63, 3.8) is 0 Å². The summed E-state index contributed by atoms with van der Waals surface area (Å²) >= 11 is 0. The van der Waals surface area contributed by atoms with Crippen molar-refractivity contribution in [2.75, 3.05) is 0 Å². The van der Waals surface area contributed by atoms with Gasteiger partial charge in [-0.05, 0) is 31.9 Å². The minimum absolute atomic E-state index is 0.106. The van der Waals surface area contributed by atoms with Crippen molar-refractivity contribution in [3.8, 4) is 11.8 Å². The molecular weight excluding hydrogens is 341 g/mol. The van der Waals surface area contributed by atoms with Gasteiger partial charge in [-0.15, -0.1) is 0 Å². The molecule has 2 aromatic rings. The SMILES string of the molecule is CCn1c(C(C)C)c(C)c(=O)n(-c2cc(C(=O)O)c(C#N)cc2F)c1=O. The van der Waals surface area contributed by atoms with Crippen LogP contribution >= 0.6 is 0 Å². The van der Waals surface area contributed by atoms with Crippen LogP contribution in [0.1, 0.15) is 53.9 Å². The number of carboxylic acid groups (broad SMARTS) is 1. The van der Waals surface area contributed by atoms with Gasteiger partial charge in [0.25, 0.3) is 5.56 Å². The van der Waals surface area contributed by atoms with E-state index in [0.29, 0.717) is 16.3 Å². The zero-order valence-corrected chi connectivity index (χ0v) is 14.8. The topological polar surface area (TPSA) is 105 Å². The number of rotatable bonds is 4. The summed E-state index contributed by atoms with van der Waals surface area (Å²) in [5, 5.41) is 18.2. The van der Waals surface area contributed by atoms with Gasteiger partial charge in [-0.25, -0.2) is 18.5 Å². The van der Waals surface area contributed by atoms with E-state index in [1.165, 1.54) is 4.57 Å². The zero-order chi connectivity index (χ0) is 19.8. The van der Waals surface area contributed by atoms with E-state index in [-0.39, 0.29) is 18.0 Å². The van der Waals surface area contributed by atoms with Gasteiger partial charge >= 0.3 is 11.7 Å². The molecule has 8 heteroatoms. The van der Waals surface area contributed by atoms with E-state index in [4.69, 9.17) is 5.26 Å². The molecule has 1 heterocycles. The predicted molar refractivity (Wildman–Crippen MR) is 92.4 cm³/mol. The van der Waals surface area contributed by atoms with Crippen molar-refractivity contribution in [2.45, 2.75) is 40.2 Å². The molecule has 0 atom stereocenters. The second kappa shape index (κ2) is 6.96. The molecule has 0 saturated heterocycles. The number of benzene rings is 1. The van der Waals surface area contributed by atoms with Gasteiger partial charge in [-0.3, -0.25) is 9.36 Å². The average Bonchev–Trinajstić information content (AvgIpc) is 2.58. The van der Waals surface area contributed by atoms with Crippen LogP contribution in [0.4, 0.5) is 4.39 Å².